The second-order valence-electron chi connectivity index (χ2n) is 7.90. The quantitative estimate of drug-likeness (QED) is 0.178. The van der Waals surface area contributed by atoms with Crippen molar-refractivity contribution in [2.45, 2.75) is 19.8 Å². The van der Waals surface area contributed by atoms with Crippen molar-refractivity contribution in [2.75, 3.05) is 0 Å². The van der Waals surface area contributed by atoms with Gasteiger partial charge in [0.15, 0.2) is 11.5 Å². The maximum atomic E-state index is 6.30. The number of nitrogens with zero attached hydrogens (tertiary/aromatic N) is 2. The summed E-state index contributed by atoms with van der Waals surface area (Å²) < 4.78 is 18.8. The molecule has 0 radical (unpaired) electrons. The molecule has 0 aliphatic heterocycles. The highest BCUT2D eigenvalue weighted by atomic mass is 16.5. The Kier molecular flexibility index (Phi) is 8.53. The van der Waals surface area contributed by atoms with Crippen molar-refractivity contribution in [3.63, 3.8) is 0 Å². The molecule has 0 aliphatic carbocycles. The monoisotopic (exact) mass is 480 g/mol. The van der Waals surface area contributed by atoms with E-state index in [1.54, 1.807) is 0 Å². The van der Waals surface area contributed by atoms with Gasteiger partial charge in [-0.1, -0.05) is 91.0 Å². The van der Waals surface area contributed by atoms with E-state index in [9.17, 15) is 0 Å². The van der Waals surface area contributed by atoms with Gasteiger partial charge in [0.1, 0.15) is 19.8 Å². The van der Waals surface area contributed by atoms with Gasteiger partial charge >= 0.3 is 0 Å². The molecular weight excluding hydrogens is 452 g/mol. The number of hydrogen-bond donors (Lipinski definition) is 2. The summed E-state index contributed by atoms with van der Waals surface area (Å²) >= 11 is 0. The van der Waals surface area contributed by atoms with Crippen LogP contribution in [0.15, 0.2) is 113 Å². The van der Waals surface area contributed by atoms with Gasteiger partial charge in [-0.05, 0) is 28.8 Å². The first-order chi connectivity index (χ1) is 17.7. The van der Waals surface area contributed by atoms with Crippen LogP contribution >= 0.6 is 0 Å². The Hall–Kier alpha value is -4.78. The number of rotatable bonds is 11. The summed E-state index contributed by atoms with van der Waals surface area (Å²) in [6.07, 6.45) is 1.52. The average Bonchev–Trinajstić information content (AvgIpc) is 2.92. The molecule has 7 nitrogen and oxygen atoms in total. The number of guanidine groups is 1. The number of hydrogen-bond acceptors (Lipinski definition) is 5. The molecule has 0 spiro atoms. The summed E-state index contributed by atoms with van der Waals surface area (Å²) in [5, 5.41) is 7.69. The van der Waals surface area contributed by atoms with Crippen molar-refractivity contribution in [1.29, 1.82) is 0 Å². The lowest BCUT2D eigenvalue weighted by Crippen LogP contribution is -2.21. The number of ether oxygens (including phenoxy) is 3. The van der Waals surface area contributed by atoms with E-state index in [-0.39, 0.29) is 5.96 Å². The van der Waals surface area contributed by atoms with Crippen LogP contribution in [0, 0.1) is 0 Å². The average molecular weight is 481 g/mol. The highest BCUT2D eigenvalue weighted by molar-refractivity contribution is 5.87. The fourth-order valence-corrected chi connectivity index (χ4v) is 3.41. The van der Waals surface area contributed by atoms with Gasteiger partial charge < -0.3 is 25.7 Å². The summed E-state index contributed by atoms with van der Waals surface area (Å²) in [5.41, 5.74) is 14.6. The second kappa shape index (κ2) is 12.6. The molecule has 0 bridgehead atoms. The van der Waals surface area contributed by atoms with E-state index in [2.05, 4.69) is 10.2 Å². The van der Waals surface area contributed by atoms with Crippen LogP contribution in [0.5, 0.6) is 17.2 Å². The Bertz CT molecular complexity index is 1290. The van der Waals surface area contributed by atoms with Gasteiger partial charge in [0.25, 0.3) is 0 Å². The maximum Gasteiger partial charge on any atom is 0.211 e. The van der Waals surface area contributed by atoms with Crippen LogP contribution in [0.4, 0.5) is 0 Å². The van der Waals surface area contributed by atoms with E-state index in [1.807, 2.05) is 103 Å². The summed E-state index contributed by atoms with van der Waals surface area (Å²) in [5.74, 6) is 1.37. The van der Waals surface area contributed by atoms with Crippen molar-refractivity contribution in [3.8, 4) is 17.2 Å². The van der Waals surface area contributed by atoms with Crippen LogP contribution < -0.4 is 25.7 Å². The summed E-state index contributed by atoms with van der Waals surface area (Å²) in [7, 11) is 0. The Morgan fingerprint density at radius 3 is 1.56 bits per heavy atom. The molecule has 7 heteroatoms. The Morgan fingerprint density at radius 1 is 0.583 bits per heavy atom. The Balaban J connectivity index is 1.69. The molecular formula is C29H28N4O3. The standard InChI is InChI=1S/C29H28N4O3/c30-29(31)33-32-18-25-16-17-26(34-19-22-10-4-1-5-11-22)28(36-21-24-14-8-3-9-15-24)27(25)35-20-23-12-6-2-7-13-23/h1-18H,19-21H2,(H4,30,31,33). The molecule has 0 amide bonds. The summed E-state index contributed by atoms with van der Waals surface area (Å²) in [6, 6.07) is 33.4. The predicted octanol–water partition coefficient (Wildman–Crippen LogP) is 5.03. The third kappa shape index (κ3) is 7.11. The zero-order valence-corrected chi connectivity index (χ0v) is 19.8. The highest BCUT2D eigenvalue weighted by Crippen LogP contribution is 2.41. The molecule has 0 aromatic heterocycles. The minimum absolute atomic E-state index is 0.138. The van der Waals surface area contributed by atoms with Gasteiger partial charge in [0.05, 0.1) is 6.21 Å². The normalized spacial score (nSPS) is 10.7. The Labute approximate surface area is 210 Å². The van der Waals surface area contributed by atoms with E-state index in [0.29, 0.717) is 42.6 Å². The molecule has 36 heavy (non-hydrogen) atoms. The minimum Gasteiger partial charge on any atom is -0.485 e. The first-order valence-electron chi connectivity index (χ1n) is 11.5. The summed E-state index contributed by atoms with van der Waals surface area (Å²) in [6.45, 7) is 1.04. The lowest BCUT2D eigenvalue weighted by atomic mass is 10.1. The molecule has 0 aliphatic rings. The topological polar surface area (TPSA) is 104 Å². The fraction of sp³-hybridized carbons (Fsp3) is 0.103. The second-order valence-corrected chi connectivity index (χ2v) is 7.90. The third-order valence-corrected chi connectivity index (χ3v) is 5.17. The molecule has 4 aromatic rings. The largest absolute Gasteiger partial charge is 0.485 e. The fourth-order valence-electron chi connectivity index (χ4n) is 3.41. The predicted molar refractivity (Wildman–Crippen MR) is 142 cm³/mol. The van der Waals surface area contributed by atoms with E-state index in [1.165, 1.54) is 6.21 Å². The zero-order chi connectivity index (χ0) is 25.0. The van der Waals surface area contributed by atoms with Crippen LogP contribution in [0.25, 0.3) is 0 Å². The highest BCUT2D eigenvalue weighted by Gasteiger charge is 2.18. The molecule has 4 N–H and O–H groups in total. The van der Waals surface area contributed by atoms with Gasteiger partial charge in [-0.25, -0.2) is 0 Å². The molecule has 0 saturated heterocycles. The lowest BCUT2D eigenvalue weighted by molar-refractivity contribution is 0.230. The smallest absolute Gasteiger partial charge is 0.211 e. The van der Waals surface area contributed by atoms with Gasteiger partial charge in [-0.3, -0.25) is 0 Å². The molecule has 0 saturated carbocycles. The maximum absolute atomic E-state index is 6.30. The minimum atomic E-state index is -0.138. The number of nitrogens with two attached hydrogens (primary N) is 2. The molecule has 0 heterocycles. The number of benzene rings is 4. The van der Waals surface area contributed by atoms with Crippen molar-refractivity contribution in [3.05, 3.63) is 125 Å². The molecule has 0 unspecified atom stereocenters. The lowest BCUT2D eigenvalue weighted by Gasteiger charge is -2.19. The van der Waals surface area contributed by atoms with Crippen LogP contribution in [-0.4, -0.2) is 12.2 Å². The van der Waals surface area contributed by atoms with Gasteiger partial charge in [-0.2, -0.15) is 5.10 Å². The van der Waals surface area contributed by atoms with Crippen molar-refractivity contribution < 1.29 is 14.2 Å². The molecule has 4 rings (SSSR count). The van der Waals surface area contributed by atoms with Crippen molar-refractivity contribution >= 4 is 12.2 Å². The van der Waals surface area contributed by atoms with Crippen molar-refractivity contribution in [1.82, 2.24) is 0 Å². The van der Waals surface area contributed by atoms with Gasteiger partial charge in [0, 0.05) is 5.56 Å². The zero-order valence-electron chi connectivity index (χ0n) is 19.8. The van der Waals surface area contributed by atoms with Crippen LogP contribution in [0.1, 0.15) is 22.3 Å². The van der Waals surface area contributed by atoms with E-state index in [0.717, 1.165) is 16.7 Å². The van der Waals surface area contributed by atoms with Gasteiger partial charge in [-0.15, -0.1) is 5.10 Å². The first-order valence-corrected chi connectivity index (χ1v) is 11.5. The van der Waals surface area contributed by atoms with Crippen LogP contribution in [0.3, 0.4) is 0 Å². The van der Waals surface area contributed by atoms with Crippen molar-refractivity contribution in [2.24, 2.45) is 21.7 Å². The van der Waals surface area contributed by atoms with E-state index < -0.39 is 0 Å². The van der Waals surface area contributed by atoms with Crippen LogP contribution in [-0.2, 0) is 19.8 Å². The molecule has 0 fully saturated rings. The third-order valence-electron chi connectivity index (χ3n) is 5.17. The first kappa shape index (κ1) is 24.3. The van der Waals surface area contributed by atoms with Crippen LogP contribution in [0.2, 0.25) is 0 Å². The molecule has 182 valence electrons. The summed E-state index contributed by atoms with van der Waals surface area (Å²) in [4.78, 5) is 0. The van der Waals surface area contributed by atoms with Gasteiger partial charge in [0.2, 0.25) is 11.7 Å². The molecule has 4 aromatic carbocycles. The SMILES string of the molecule is NC(N)=NN=Cc1ccc(OCc2ccccc2)c(OCc2ccccc2)c1OCc1ccccc1. The van der Waals surface area contributed by atoms with E-state index in [4.69, 9.17) is 25.7 Å². The van der Waals surface area contributed by atoms with E-state index >= 15 is 0 Å². The molecule has 0 atom stereocenters. The Morgan fingerprint density at radius 2 is 1.06 bits per heavy atom.